The molecule has 1 N–H and O–H groups in total. The molecule has 0 bridgehead atoms. The van der Waals surface area contributed by atoms with Crippen molar-refractivity contribution >= 4 is 9.84 Å². The van der Waals surface area contributed by atoms with Gasteiger partial charge in [-0.25, -0.2) is 8.42 Å². The standard InChI is InChI=1S/C14H21NO3S/c1-11(2)18-14-5-3-4-12(8-14)9-15-13-6-7-19(16,17)10-13/h3-5,8,11,13,15H,6-7,9-10H2,1-2H3. The van der Waals surface area contributed by atoms with Crippen molar-refractivity contribution < 1.29 is 13.2 Å². The Hall–Kier alpha value is -1.07. The van der Waals surface area contributed by atoms with Gasteiger partial charge < -0.3 is 10.1 Å². The lowest BCUT2D eigenvalue weighted by atomic mass is 10.2. The Balaban J connectivity index is 1.89. The maximum atomic E-state index is 11.4. The van der Waals surface area contributed by atoms with Crippen LogP contribution in [-0.2, 0) is 16.4 Å². The lowest BCUT2D eigenvalue weighted by Crippen LogP contribution is -2.29. The highest BCUT2D eigenvalue weighted by atomic mass is 32.2. The third kappa shape index (κ3) is 4.51. The molecule has 1 aliphatic heterocycles. The molecule has 106 valence electrons. The molecule has 1 saturated heterocycles. The van der Waals surface area contributed by atoms with Gasteiger partial charge in [-0.3, -0.25) is 0 Å². The van der Waals surface area contributed by atoms with Crippen LogP contribution in [0.1, 0.15) is 25.8 Å². The molecular formula is C14H21NO3S. The maximum absolute atomic E-state index is 11.4. The fourth-order valence-corrected chi connectivity index (χ4v) is 3.93. The molecule has 2 rings (SSSR count). The van der Waals surface area contributed by atoms with Gasteiger partial charge in [0, 0.05) is 12.6 Å². The zero-order valence-electron chi connectivity index (χ0n) is 11.4. The molecule has 1 aromatic carbocycles. The van der Waals surface area contributed by atoms with Crippen molar-refractivity contribution in [3.8, 4) is 5.75 Å². The summed E-state index contributed by atoms with van der Waals surface area (Å²) >= 11 is 0. The fourth-order valence-electron chi connectivity index (χ4n) is 2.22. The van der Waals surface area contributed by atoms with Gasteiger partial charge in [-0.1, -0.05) is 12.1 Å². The zero-order chi connectivity index (χ0) is 13.9. The third-order valence-corrected chi connectivity index (χ3v) is 4.87. The molecular weight excluding hydrogens is 262 g/mol. The Kier molecular flexibility index (Phi) is 4.47. The number of rotatable bonds is 5. The van der Waals surface area contributed by atoms with Crippen molar-refractivity contribution in [2.45, 2.75) is 39.0 Å². The molecule has 0 spiro atoms. The zero-order valence-corrected chi connectivity index (χ0v) is 12.2. The highest BCUT2D eigenvalue weighted by Crippen LogP contribution is 2.16. The van der Waals surface area contributed by atoms with Gasteiger partial charge in [-0.2, -0.15) is 0 Å². The van der Waals surface area contributed by atoms with E-state index in [1.165, 1.54) is 0 Å². The largest absolute Gasteiger partial charge is 0.491 e. The minimum atomic E-state index is -2.81. The molecule has 1 fully saturated rings. The fraction of sp³-hybridized carbons (Fsp3) is 0.571. The molecule has 19 heavy (non-hydrogen) atoms. The van der Waals surface area contributed by atoms with Crippen LogP contribution in [0, 0.1) is 0 Å². The lowest BCUT2D eigenvalue weighted by Gasteiger charge is -2.13. The molecule has 1 aliphatic rings. The van der Waals surface area contributed by atoms with Gasteiger partial charge in [-0.15, -0.1) is 0 Å². The van der Waals surface area contributed by atoms with Crippen LogP contribution >= 0.6 is 0 Å². The second kappa shape index (κ2) is 5.92. The molecule has 1 unspecified atom stereocenters. The number of sulfone groups is 1. The molecule has 0 aliphatic carbocycles. The second-order valence-corrected chi connectivity index (χ2v) is 7.52. The van der Waals surface area contributed by atoms with E-state index in [0.717, 1.165) is 11.3 Å². The van der Waals surface area contributed by atoms with Crippen LogP contribution in [0.2, 0.25) is 0 Å². The molecule has 1 heterocycles. The Bertz CT molecular complexity index is 525. The van der Waals surface area contributed by atoms with Crippen molar-refractivity contribution in [3.05, 3.63) is 29.8 Å². The molecule has 4 nitrogen and oxygen atoms in total. The Morgan fingerprint density at radius 3 is 2.84 bits per heavy atom. The van der Waals surface area contributed by atoms with Gasteiger partial charge in [-0.05, 0) is 38.0 Å². The van der Waals surface area contributed by atoms with E-state index in [1.807, 2.05) is 38.1 Å². The van der Waals surface area contributed by atoms with Crippen LogP contribution in [0.4, 0.5) is 0 Å². The predicted molar refractivity (Wildman–Crippen MR) is 76.1 cm³/mol. The topological polar surface area (TPSA) is 55.4 Å². The van der Waals surface area contributed by atoms with Gasteiger partial charge in [0.2, 0.25) is 0 Å². The first-order valence-corrected chi connectivity index (χ1v) is 8.46. The summed E-state index contributed by atoms with van der Waals surface area (Å²) < 4.78 is 28.4. The number of hydrogen-bond donors (Lipinski definition) is 1. The molecule has 0 aromatic heterocycles. The summed E-state index contributed by atoms with van der Waals surface area (Å²) in [6.45, 7) is 4.66. The Labute approximate surface area is 115 Å². The van der Waals surface area contributed by atoms with Crippen molar-refractivity contribution in [1.82, 2.24) is 5.32 Å². The average Bonchev–Trinajstić information content (AvgIpc) is 2.66. The highest BCUT2D eigenvalue weighted by molar-refractivity contribution is 7.91. The lowest BCUT2D eigenvalue weighted by molar-refractivity contribution is 0.242. The molecule has 0 radical (unpaired) electrons. The van der Waals surface area contributed by atoms with E-state index in [-0.39, 0.29) is 17.9 Å². The predicted octanol–water partition coefficient (Wildman–Crippen LogP) is 1.75. The minimum Gasteiger partial charge on any atom is -0.491 e. The quantitative estimate of drug-likeness (QED) is 0.894. The normalized spacial score (nSPS) is 21.7. The van der Waals surface area contributed by atoms with E-state index < -0.39 is 9.84 Å². The van der Waals surface area contributed by atoms with E-state index in [9.17, 15) is 8.42 Å². The second-order valence-electron chi connectivity index (χ2n) is 5.29. The van der Waals surface area contributed by atoms with Crippen molar-refractivity contribution in [2.24, 2.45) is 0 Å². The van der Waals surface area contributed by atoms with Gasteiger partial charge in [0.25, 0.3) is 0 Å². The molecule has 5 heteroatoms. The number of nitrogens with one attached hydrogen (secondary N) is 1. The van der Waals surface area contributed by atoms with Crippen LogP contribution in [-0.4, -0.2) is 32.1 Å². The Morgan fingerprint density at radius 2 is 2.21 bits per heavy atom. The monoisotopic (exact) mass is 283 g/mol. The summed E-state index contributed by atoms with van der Waals surface area (Å²) in [7, 11) is -2.81. The van der Waals surface area contributed by atoms with E-state index in [0.29, 0.717) is 18.7 Å². The van der Waals surface area contributed by atoms with Gasteiger partial charge in [0.1, 0.15) is 5.75 Å². The minimum absolute atomic E-state index is 0.0830. The van der Waals surface area contributed by atoms with Gasteiger partial charge in [0.05, 0.1) is 17.6 Å². The summed E-state index contributed by atoms with van der Waals surface area (Å²) in [4.78, 5) is 0. The SMILES string of the molecule is CC(C)Oc1cccc(CNC2CCS(=O)(=O)C2)c1. The van der Waals surface area contributed by atoms with Crippen LogP contribution in [0.25, 0.3) is 0 Å². The maximum Gasteiger partial charge on any atom is 0.151 e. The number of benzene rings is 1. The summed E-state index contributed by atoms with van der Waals surface area (Å²) in [5.41, 5.74) is 1.11. The van der Waals surface area contributed by atoms with E-state index >= 15 is 0 Å². The number of hydrogen-bond acceptors (Lipinski definition) is 4. The van der Waals surface area contributed by atoms with Crippen LogP contribution in [0.3, 0.4) is 0 Å². The first-order chi connectivity index (χ1) is 8.94. The highest BCUT2D eigenvalue weighted by Gasteiger charge is 2.27. The molecule has 0 saturated carbocycles. The van der Waals surface area contributed by atoms with Crippen LogP contribution in [0.15, 0.2) is 24.3 Å². The van der Waals surface area contributed by atoms with Crippen LogP contribution < -0.4 is 10.1 Å². The van der Waals surface area contributed by atoms with Crippen molar-refractivity contribution in [2.75, 3.05) is 11.5 Å². The summed E-state index contributed by atoms with van der Waals surface area (Å²) in [5, 5.41) is 3.30. The molecule has 0 amide bonds. The van der Waals surface area contributed by atoms with Gasteiger partial charge in [0.15, 0.2) is 9.84 Å². The summed E-state index contributed by atoms with van der Waals surface area (Å²) in [6, 6.07) is 7.99. The first kappa shape index (κ1) is 14.3. The smallest absolute Gasteiger partial charge is 0.151 e. The Morgan fingerprint density at radius 1 is 1.42 bits per heavy atom. The van der Waals surface area contributed by atoms with E-state index in [2.05, 4.69) is 5.32 Å². The number of ether oxygens (including phenoxy) is 1. The van der Waals surface area contributed by atoms with Gasteiger partial charge >= 0.3 is 0 Å². The average molecular weight is 283 g/mol. The third-order valence-electron chi connectivity index (χ3n) is 3.10. The first-order valence-electron chi connectivity index (χ1n) is 6.64. The van der Waals surface area contributed by atoms with E-state index in [1.54, 1.807) is 0 Å². The molecule has 1 aromatic rings. The summed E-state index contributed by atoms with van der Waals surface area (Å²) in [5.74, 6) is 1.42. The van der Waals surface area contributed by atoms with Crippen LogP contribution in [0.5, 0.6) is 5.75 Å². The summed E-state index contributed by atoms with van der Waals surface area (Å²) in [6.07, 6.45) is 0.869. The van der Waals surface area contributed by atoms with Crippen molar-refractivity contribution in [1.29, 1.82) is 0 Å². The van der Waals surface area contributed by atoms with Crippen molar-refractivity contribution in [3.63, 3.8) is 0 Å². The van der Waals surface area contributed by atoms with E-state index in [4.69, 9.17) is 4.74 Å². The molecule has 1 atom stereocenters.